The number of rotatable bonds is 0. The van der Waals surface area contributed by atoms with Crippen LogP contribution in [0.3, 0.4) is 0 Å². The Morgan fingerprint density at radius 3 is 3.11 bits per heavy atom. The van der Waals surface area contributed by atoms with Crippen LogP contribution in [-0.2, 0) is 0 Å². The van der Waals surface area contributed by atoms with Gasteiger partial charge >= 0.3 is 0 Å². The molecule has 1 saturated heterocycles. The van der Waals surface area contributed by atoms with Gasteiger partial charge in [0.05, 0.1) is 0 Å². The molecule has 2 heteroatoms. The van der Waals surface area contributed by atoms with E-state index in [4.69, 9.17) is 0 Å². The minimum absolute atomic E-state index is 0.304. The van der Waals surface area contributed by atoms with Crippen molar-refractivity contribution in [3.63, 3.8) is 0 Å². The van der Waals surface area contributed by atoms with Crippen LogP contribution in [0.2, 0.25) is 0 Å². The van der Waals surface area contributed by atoms with Crippen molar-refractivity contribution >= 4 is 0 Å². The molecule has 2 nitrogen and oxygen atoms in total. The summed E-state index contributed by atoms with van der Waals surface area (Å²) in [6, 6.07) is 8.63. The van der Waals surface area contributed by atoms with Crippen molar-refractivity contribution < 1.29 is 5.11 Å². The fourth-order valence-corrected chi connectivity index (χ4v) is 3.48. The van der Waals surface area contributed by atoms with Gasteiger partial charge < -0.3 is 10.4 Å². The van der Waals surface area contributed by atoms with Crippen LogP contribution in [0.1, 0.15) is 36.8 Å². The van der Waals surface area contributed by atoms with Crippen LogP contribution in [-0.4, -0.2) is 23.3 Å². The fourth-order valence-electron chi connectivity index (χ4n) is 3.48. The Morgan fingerprint density at radius 2 is 2.26 bits per heavy atom. The molecule has 0 spiro atoms. The Bertz CT molecular complexity index is 528. The van der Waals surface area contributed by atoms with E-state index in [2.05, 4.69) is 36.2 Å². The summed E-state index contributed by atoms with van der Waals surface area (Å²) in [6.07, 6.45) is 4.10. The van der Waals surface area contributed by atoms with Crippen molar-refractivity contribution in [2.45, 2.75) is 44.2 Å². The summed E-state index contributed by atoms with van der Waals surface area (Å²) < 4.78 is 0. The summed E-state index contributed by atoms with van der Waals surface area (Å²) in [5.41, 5.74) is 1.42. The van der Waals surface area contributed by atoms with Crippen LogP contribution < -0.4 is 5.32 Å². The van der Waals surface area contributed by atoms with Gasteiger partial charge in [-0.05, 0) is 56.8 Å². The van der Waals surface area contributed by atoms with Gasteiger partial charge in [0, 0.05) is 17.5 Å². The minimum atomic E-state index is -0.795. The van der Waals surface area contributed by atoms with E-state index in [9.17, 15) is 5.11 Å². The molecule has 1 heterocycles. The maximum atomic E-state index is 10.9. The van der Waals surface area contributed by atoms with E-state index in [1.54, 1.807) is 0 Å². The molecule has 3 atom stereocenters. The lowest BCUT2D eigenvalue weighted by atomic mass is 9.73. The molecule has 1 unspecified atom stereocenters. The standard InChI is InChI=1S/C17H21NO/c1-13-4-2-5-14(12-13)7-10-17(19)9-3-6-16-15(17)8-11-18-16/h2,4-5,12,15-16,18-19H,3,6,8-9,11H2,1H3/t15-,16?,17-/m1/s1. The first-order valence-corrected chi connectivity index (χ1v) is 7.23. The molecule has 2 fully saturated rings. The molecule has 0 radical (unpaired) electrons. The molecule has 3 rings (SSSR count). The predicted octanol–water partition coefficient (Wildman–Crippen LogP) is 2.24. The molecule has 0 bridgehead atoms. The number of fused-ring (bicyclic) bond motifs is 1. The maximum absolute atomic E-state index is 10.9. The van der Waals surface area contributed by atoms with Crippen LogP contribution in [0.15, 0.2) is 24.3 Å². The molecule has 100 valence electrons. The molecule has 1 aliphatic carbocycles. The van der Waals surface area contributed by atoms with E-state index in [1.807, 2.05) is 12.1 Å². The number of aryl methyl sites for hydroxylation is 1. The molecular weight excluding hydrogens is 234 g/mol. The Morgan fingerprint density at radius 1 is 1.37 bits per heavy atom. The minimum Gasteiger partial charge on any atom is -0.377 e. The second-order valence-electron chi connectivity index (χ2n) is 5.89. The summed E-state index contributed by atoms with van der Waals surface area (Å²) in [6.45, 7) is 3.08. The smallest absolute Gasteiger partial charge is 0.130 e. The van der Waals surface area contributed by atoms with Gasteiger partial charge in [-0.3, -0.25) is 0 Å². The third-order valence-corrected chi connectivity index (χ3v) is 4.48. The van der Waals surface area contributed by atoms with Gasteiger partial charge in [0.25, 0.3) is 0 Å². The van der Waals surface area contributed by atoms with Crippen molar-refractivity contribution in [3.8, 4) is 11.8 Å². The van der Waals surface area contributed by atoms with E-state index < -0.39 is 5.60 Å². The molecule has 1 aliphatic heterocycles. The zero-order chi connectivity index (χ0) is 13.3. The van der Waals surface area contributed by atoms with Crippen molar-refractivity contribution in [2.24, 2.45) is 5.92 Å². The van der Waals surface area contributed by atoms with Crippen molar-refractivity contribution in [1.82, 2.24) is 5.32 Å². The Kier molecular flexibility index (Phi) is 3.35. The first-order valence-electron chi connectivity index (χ1n) is 7.23. The lowest BCUT2D eigenvalue weighted by molar-refractivity contribution is 0.000968. The van der Waals surface area contributed by atoms with Gasteiger partial charge in [-0.15, -0.1) is 0 Å². The molecule has 1 aromatic carbocycles. The van der Waals surface area contributed by atoms with Gasteiger partial charge in [0.1, 0.15) is 5.60 Å². The highest BCUT2D eigenvalue weighted by Crippen LogP contribution is 2.38. The highest BCUT2D eigenvalue weighted by atomic mass is 16.3. The summed E-state index contributed by atoms with van der Waals surface area (Å²) >= 11 is 0. The van der Waals surface area contributed by atoms with Gasteiger partial charge in [-0.2, -0.15) is 0 Å². The van der Waals surface area contributed by atoms with Crippen LogP contribution in [0, 0.1) is 24.7 Å². The monoisotopic (exact) mass is 255 g/mol. The second-order valence-corrected chi connectivity index (χ2v) is 5.89. The van der Waals surface area contributed by atoms with Crippen molar-refractivity contribution in [2.75, 3.05) is 6.54 Å². The summed E-state index contributed by atoms with van der Waals surface area (Å²) in [4.78, 5) is 0. The second kappa shape index (κ2) is 5.00. The number of aliphatic hydroxyl groups is 1. The molecule has 19 heavy (non-hydrogen) atoms. The maximum Gasteiger partial charge on any atom is 0.130 e. The molecule has 1 saturated carbocycles. The highest BCUT2D eigenvalue weighted by Gasteiger charge is 2.45. The summed E-state index contributed by atoms with van der Waals surface area (Å²) in [5, 5.41) is 14.4. The molecular formula is C17H21NO. The topological polar surface area (TPSA) is 32.3 Å². The molecule has 2 N–H and O–H groups in total. The number of hydrogen-bond donors (Lipinski definition) is 2. The molecule has 1 aromatic rings. The summed E-state index contributed by atoms with van der Waals surface area (Å²) in [5.74, 6) is 6.66. The van der Waals surface area contributed by atoms with Crippen LogP contribution in [0.4, 0.5) is 0 Å². The number of benzene rings is 1. The van der Waals surface area contributed by atoms with Crippen molar-refractivity contribution in [1.29, 1.82) is 0 Å². The Balaban J connectivity index is 1.85. The van der Waals surface area contributed by atoms with Gasteiger partial charge in [0.15, 0.2) is 0 Å². The lowest BCUT2D eigenvalue weighted by Crippen LogP contribution is -2.47. The number of nitrogens with one attached hydrogen (secondary N) is 1. The lowest BCUT2D eigenvalue weighted by Gasteiger charge is -2.37. The first kappa shape index (κ1) is 12.7. The van der Waals surface area contributed by atoms with Crippen LogP contribution >= 0.6 is 0 Å². The molecule has 0 amide bonds. The Labute approximate surface area is 115 Å². The van der Waals surface area contributed by atoms with Crippen LogP contribution in [0.5, 0.6) is 0 Å². The number of hydrogen-bond acceptors (Lipinski definition) is 2. The van der Waals surface area contributed by atoms with E-state index >= 15 is 0 Å². The van der Waals surface area contributed by atoms with Gasteiger partial charge in [-0.25, -0.2) is 0 Å². The largest absolute Gasteiger partial charge is 0.377 e. The zero-order valence-corrected chi connectivity index (χ0v) is 11.4. The highest BCUT2D eigenvalue weighted by molar-refractivity contribution is 5.39. The quantitative estimate of drug-likeness (QED) is 0.697. The van der Waals surface area contributed by atoms with E-state index in [0.717, 1.165) is 31.4 Å². The summed E-state index contributed by atoms with van der Waals surface area (Å²) in [7, 11) is 0. The zero-order valence-electron chi connectivity index (χ0n) is 11.4. The predicted molar refractivity (Wildman–Crippen MR) is 76.8 cm³/mol. The van der Waals surface area contributed by atoms with E-state index in [0.29, 0.717) is 12.0 Å². The van der Waals surface area contributed by atoms with E-state index in [1.165, 1.54) is 12.0 Å². The van der Waals surface area contributed by atoms with E-state index in [-0.39, 0.29) is 0 Å². The van der Waals surface area contributed by atoms with Gasteiger partial charge in [0.2, 0.25) is 0 Å². The van der Waals surface area contributed by atoms with Crippen LogP contribution in [0.25, 0.3) is 0 Å². The third-order valence-electron chi connectivity index (χ3n) is 4.48. The SMILES string of the molecule is Cc1cccc(C#C[C@]2(O)CCCC3NCC[C@H]32)c1. The average Bonchev–Trinajstić information content (AvgIpc) is 2.87. The normalized spacial score (nSPS) is 33.4. The van der Waals surface area contributed by atoms with Gasteiger partial charge in [-0.1, -0.05) is 24.0 Å². The molecule has 2 aliphatic rings. The van der Waals surface area contributed by atoms with Crippen molar-refractivity contribution in [3.05, 3.63) is 35.4 Å². The first-order chi connectivity index (χ1) is 9.17. The molecule has 0 aromatic heterocycles. The fraction of sp³-hybridized carbons (Fsp3) is 0.529. The average molecular weight is 255 g/mol. The Hall–Kier alpha value is -1.30. The third kappa shape index (κ3) is 2.54.